The molecule has 1 heterocycles. The predicted molar refractivity (Wildman–Crippen MR) is 72.6 cm³/mol. The third-order valence-corrected chi connectivity index (χ3v) is 3.59. The van der Waals surface area contributed by atoms with E-state index in [2.05, 4.69) is 0 Å². The van der Waals surface area contributed by atoms with Gasteiger partial charge in [0.15, 0.2) is 0 Å². The van der Waals surface area contributed by atoms with Crippen molar-refractivity contribution in [1.82, 2.24) is 0 Å². The molecule has 0 aliphatic rings. The summed E-state index contributed by atoms with van der Waals surface area (Å²) < 4.78 is 10.9. The van der Waals surface area contributed by atoms with Gasteiger partial charge < -0.3 is 9.15 Å². The number of aryl methyl sites for hydroxylation is 3. The lowest BCUT2D eigenvalue weighted by molar-refractivity contribution is 0.408. The van der Waals surface area contributed by atoms with Gasteiger partial charge in [-0.2, -0.15) is 0 Å². The van der Waals surface area contributed by atoms with E-state index in [-0.39, 0.29) is 5.63 Å². The fourth-order valence-corrected chi connectivity index (χ4v) is 2.37. The summed E-state index contributed by atoms with van der Waals surface area (Å²) in [4.78, 5) is 11.8. The Labute approximate surface area is 106 Å². The molecule has 0 N–H and O–H groups in total. The maximum Gasteiger partial charge on any atom is 0.339 e. The molecule has 3 nitrogen and oxygen atoms in total. The molecular formula is C15H18O3. The molecule has 0 spiro atoms. The molecule has 0 saturated heterocycles. The first-order chi connectivity index (χ1) is 8.51. The van der Waals surface area contributed by atoms with Gasteiger partial charge in [0.2, 0.25) is 0 Å². The van der Waals surface area contributed by atoms with Gasteiger partial charge >= 0.3 is 5.63 Å². The van der Waals surface area contributed by atoms with E-state index in [1.54, 1.807) is 7.11 Å². The third-order valence-electron chi connectivity index (χ3n) is 3.59. The fraction of sp³-hybridized carbons (Fsp3) is 0.400. The Balaban J connectivity index is 2.98. The molecule has 1 aromatic heterocycles. The van der Waals surface area contributed by atoms with Crippen LogP contribution >= 0.6 is 0 Å². The van der Waals surface area contributed by atoms with Crippen molar-refractivity contribution in [3.05, 3.63) is 38.7 Å². The summed E-state index contributed by atoms with van der Waals surface area (Å²) in [6, 6.07) is 1.92. The Kier molecular flexibility index (Phi) is 3.16. The maximum absolute atomic E-state index is 11.8. The maximum atomic E-state index is 11.8. The van der Waals surface area contributed by atoms with Crippen LogP contribution in [0.5, 0.6) is 5.75 Å². The highest BCUT2D eigenvalue weighted by atomic mass is 16.5. The average Bonchev–Trinajstić information content (AvgIpc) is 2.36. The molecule has 1 aromatic carbocycles. The van der Waals surface area contributed by atoms with Crippen molar-refractivity contribution < 1.29 is 9.15 Å². The van der Waals surface area contributed by atoms with Crippen LogP contribution in [0.1, 0.15) is 29.2 Å². The molecule has 2 aromatic rings. The van der Waals surface area contributed by atoms with Gasteiger partial charge in [-0.25, -0.2) is 4.79 Å². The fourth-order valence-electron chi connectivity index (χ4n) is 2.37. The number of methoxy groups -OCH3 is 1. The highest BCUT2D eigenvalue weighted by Crippen LogP contribution is 2.34. The number of hydrogen-bond acceptors (Lipinski definition) is 3. The molecule has 0 atom stereocenters. The average molecular weight is 246 g/mol. The third kappa shape index (κ3) is 1.70. The minimum atomic E-state index is -0.239. The van der Waals surface area contributed by atoms with Gasteiger partial charge in [-0.15, -0.1) is 0 Å². The SMILES string of the molecule is CCc1cc2c(C)c(OC)c(C)c(C)c2oc1=O. The van der Waals surface area contributed by atoms with Gasteiger partial charge in [-0.3, -0.25) is 0 Å². The second kappa shape index (κ2) is 4.48. The quantitative estimate of drug-likeness (QED) is 0.763. The molecule has 96 valence electrons. The van der Waals surface area contributed by atoms with E-state index in [0.717, 1.165) is 27.8 Å². The molecule has 0 saturated carbocycles. The normalized spacial score (nSPS) is 10.9. The molecule has 3 heteroatoms. The molecule has 0 aliphatic heterocycles. The zero-order valence-electron chi connectivity index (χ0n) is 11.5. The van der Waals surface area contributed by atoms with Gasteiger partial charge in [-0.1, -0.05) is 6.92 Å². The van der Waals surface area contributed by atoms with Gasteiger partial charge in [0.25, 0.3) is 0 Å². The zero-order valence-corrected chi connectivity index (χ0v) is 11.5. The largest absolute Gasteiger partial charge is 0.496 e. The van der Waals surface area contributed by atoms with Crippen LogP contribution in [0.3, 0.4) is 0 Å². The summed E-state index contributed by atoms with van der Waals surface area (Å²) in [5.41, 5.74) is 4.15. The van der Waals surface area contributed by atoms with E-state index < -0.39 is 0 Å². The number of rotatable bonds is 2. The first-order valence-corrected chi connectivity index (χ1v) is 6.11. The Hall–Kier alpha value is -1.77. The van der Waals surface area contributed by atoms with Crippen LogP contribution in [0.4, 0.5) is 0 Å². The highest BCUT2D eigenvalue weighted by Gasteiger charge is 2.15. The van der Waals surface area contributed by atoms with E-state index >= 15 is 0 Å². The Morgan fingerprint density at radius 2 is 1.83 bits per heavy atom. The van der Waals surface area contributed by atoms with Crippen LogP contribution in [-0.4, -0.2) is 7.11 Å². The molecule has 18 heavy (non-hydrogen) atoms. The highest BCUT2D eigenvalue weighted by molar-refractivity contribution is 5.87. The van der Waals surface area contributed by atoms with Crippen LogP contribution in [0.15, 0.2) is 15.3 Å². The van der Waals surface area contributed by atoms with Crippen molar-refractivity contribution in [2.45, 2.75) is 34.1 Å². The van der Waals surface area contributed by atoms with E-state index in [0.29, 0.717) is 17.6 Å². The van der Waals surface area contributed by atoms with Crippen molar-refractivity contribution in [2.75, 3.05) is 7.11 Å². The summed E-state index contributed by atoms with van der Waals surface area (Å²) in [5.74, 6) is 0.871. The molecule has 0 bridgehead atoms. The smallest absolute Gasteiger partial charge is 0.339 e. The Morgan fingerprint density at radius 3 is 2.39 bits per heavy atom. The van der Waals surface area contributed by atoms with Gasteiger partial charge in [0.1, 0.15) is 11.3 Å². The van der Waals surface area contributed by atoms with Gasteiger partial charge in [0.05, 0.1) is 7.11 Å². The minimum Gasteiger partial charge on any atom is -0.496 e. The number of benzene rings is 1. The standard InChI is InChI=1S/C15H18O3/c1-6-11-7-12-10(4)13(17-5)8(2)9(3)14(12)18-15(11)16/h7H,6H2,1-5H3. The summed E-state index contributed by atoms with van der Waals surface area (Å²) >= 11 is 0. The van der Waals surface area contributed by atoms with Crippen molar-refractivity contribution >= 4 is 11.0 Å². The van der Waals surface area contributed by atoms with Crippen molar-refractivity contribution in [2.24, 2.45) is 0 Å². The summed E-state index contributed by atoms with van der Waals surface area (Å²) in [5, 5.41) is 0.964. The first kappa shape index (κ1) is 12.7. The summed E-state index contributed by atoms with van der Waals surface area (Å²) in [6.45, 7) is 7.88. The van der Waals surface area contributed by atoms with E-state index in [1.807, 2.05) is 33.8 Å². The Bertz CT molecular complexity index is 666. The van der Waals surface area contributed by atoms with Crippen LogP contribution in [0, 0.1) is 20.8 Å². The van der Waals surface area contributed by atoms with Crippen LogP contribution in [-0.2, 0) is 6.42 Å². The lowest BCUT2D eigenvalue weighted by atomic mass is 9.98. The van der Waals surface area contributed by atoms with Crippen molar-refractivity contribution in [3.8, 4) is 5.75 Å². The molecule has 0 fully saturated rings. The van der Waals surface area contributed by atoms with Crippen molar-refractivity contribution in [1.29, 1.82) is 0 Å². The molecular weight excluding hydrogens is 228 g/mol. The molecule has 2 rings (SSSR count). The monoisotopic (exact) mass is 246 g/mol. The molecule has 0 aliphatic carbocycles. The lowest BCUT2D eigenvalue weighted by Gasteiger charge is -2.14. The second-order valence-electron chi connectivity index (χ2n) is 4.56. The van der Waals surface area contributed by atoms with Crippen molar-refractivity contribution in [3.63, 3.8) is 0 Å². The predicted octanol–water partition coefficient (Wildman–Crippen LogP) is 3.29. The number of hydrogen-bond donors (Lipinski definition) is 0. The van der Waals surface area contributed by atoms with Crippen LogP contribution in [0.25, 0.3) is 11.0 Å². The molecule has 0 unspecified atom stereocenters. The van der Waals surface area contributed by atoms with Gasteiger partial charge in [-0.05, 0) is 44.4 Å². The van der Waals surface area contributed by atoms with Crippen LogP contribution < -0.4 is 10.4 Å². The number of fused-ring (bicyclic) bond motifs is 1. The molecule has 0 radical (unpaired) electrons. The minimum absolute atomic E-state index is 0.239. The number of ether oxygens (including phenoxy) is 1. The molecule has 0 amide bonds. The summed E-state index contributed by atoms with van der Waals surface area (Å²) in [6.07, 6.45) is 0.674. The second-order valence-corrected chi connectivity index (χ2v) is 4.56. The van der Waals surface area contributed by atoms with E-state index in [1.165, 1.54) is 0 Å². The zero-order chi connectivity index (χ0) is 13.4. The first-order valence-electron chi connectivity index (χ1n) is 6.11. The topological polar surface area (TPSA) is 39.4 Å². The van der Waals surface area contributed by atoms with Gasteiger partial charge in [0, 0.05) is 16.5 Å². The summed E-state index contributed by atoms with van der Waals surface area (Å²) in [7, 11) is 1.67. The van der Waals surface area contributed by atoms with Crippen LogP contribution in [0.2, 0.25) is 0 Å². The lowest BCUT2D eigenvalue weighted by Crippen LogP contribution is -2.07. The van der Waals surface area contributed by atoms with E-state index in [4.69, 9.17) is 9.15 Å². The Morgan fingerprint density at radius 1 is 1.17 bits per heavy atom. The van der Waals surface area contributed by atoms with E-state index in [9.17, 15) is 4.79 Å².